The molecule has 2 aromatic rings. The number of aromatic nitrogens is 2. The molecular weight excluding hydrogens is 266 g/mol. The first-order chi connectivity index (χ1) is 10.2. The second-order valence-electron chi connectivity index (χ2n) is 4.56. The van der Waals surface area contributed by atoms with E-state index in [9.17, 15) is 4.79 Å². The predicted octanol–water partition coefficient (Wildman–Crippen LogP) is 2.69. The first-order valence-electron chi connectivity index (χ1n) is 6.77. The zero-order valence-electron chi connectivity index (χ0n) is 11.8. The van der Waals surface area contributed by atoms with E-state index in [1.807, 2.05) is 43.5 Å². The van der Waals surface area contributed by atoms with Crippen LogP contribution in [0.5, 0.6) is 0 Å². The fraction of sp³-hybridized carbons (Fsp3) is 0.267. The van der Waals surface area contributed by atoms with Crippen LogP contribution in [0.25, 0.3) is 5.69 Å². The zero-order valence-corrected chi connectivity index (χ0v) is 11.8. The first kappa shape index (κ1) is 14.6. The summed E-state index contributed by atoms with van der Waals surface area (Å²) >= 11 is 0. The number of nitriles is 1. The number of benzene rings is 1. The van der Waals surface area contributed by atoms with Gasteiger partial charge in [-0.15, -0.1) is 0 Å². The first-order valence-corrected chi connectivity index (χ1v) is 6.77. The Morgan fingerprint density at radius 2 is 2.19 bits per heavy atom. The van der Waals surface area contributed by atoms with Crippen molar-refractivity contribution in [2.45, 2.75) is 25.8 Å². The second-order valence-corrected chi connectivity index (χ2v) is 4.56. The van der Waals surface area contributed by atoms with Crippen LogP contribution in [0.4, 0.5) is 10.5 Å². The Balaban J connectivity index is 1.94. The fourth-order valence-corrected chi connectivity index (χ4v) is 1.88. The molecular formula is C15H17N5O. The Bertz CT molecular complexity index is 613. The van der Waals surface area contributed by atoms with Crippen LogP contribution in [0.2, 0.25) is 0 Å². The van der Waals surface area contributed by atoms with Crippen molar-refractivity contribution < 1.29 is 4.79 Å². The highest BCUT2D eigenvalue weighted by Crippen LogP contribution is 2.12. The number of amides is 2. The van der Waals surface area contributed by atoms with Gasteiger partial charge in [0.05, 0.1) is 18.2 Å². The van der Waals surface area contributed by atoms with Gasteiger partial charge >= 0.3 is 6.03 Å². The van der Waals surface area contributed by atoms with E-state index in [2.05, 4.69) is 21.8 Å². The molecule has 1 heterocycles. The van der Waals surface area contributed by atoms with E-state index in [4.69, 9.17) is 5.26 Å². The summed E-state index contributed by atoms with van der Waals surface area (Å²) in [6.07, 6.45) is 4.59. The largest absolute Gasteiger partial charge is 0.334 e. The lowest BCUT2D eigenvalue weighted by Gasteiger charge is -2.14. The molecule has 1 unspecified atom stereocenters. The molecule has 0 saturated heterocycles. The fourth-order valence-electron chi connectivity index (χ4n) is 1.88. The number of anilines is 1. The van der Waals surface area contributed by atoms with Crippen molar-refractivity contribution in [2.24, 2.45) is 0 Å². The summed E-state index contributed by atoms with van der Waals surface area (Å²) in [7, 11) is 0. The minimum Gasteiger partial charge on any atom is -0.334 e. The number of nitrogens with one attached hydrogen (secondary N) is 2. The standard InChI is InChI=1S/C15H17N5O/c1-2-12(8-9-16)18-15(21)19-13-4-6-14(7-5-13)20-11-3-10-17-20/h3-7,10-12H,2,8H2,1H3,(H2,18,19,21). The third kappa shape index (κ3) is 4.08. The van der Waals surface area contributed by atoms with Gasteiger partial charge in [0.1, 0.15) is 0 Å². The van der Waals surface area contributed by atoms with Gasteiger partial charge in [-0.2, -0.15) is 10.4 Å². The highest BCUT2D eigenvalue weighted by Gasteiger charge is 2.09. The molecule has 0 aliphatic rings. The maximum Gasteiger partial charge on any atom is 0.319 e. The van der Waals surface area contributed by atoms with Crippen LogP contribution in [0.15, 0.2) is 42.7 Å². The van der Waals surface area contributed by atoms with Crippen molar-refractivity contribution in [3.8, 4) is 11.8 Å². The summed E-state index contributed by atoms with van der Waals surface area (Å²) in [5.74, 6) is 0. The van der Waals surface area contributed by atoms with E-state index >= 15 is 0 Å². The molecule has 0 fully saturated rings. The molecule has 0 aliphatic heterocycles. The van der Waals surface area contributed by atoms with Crippen LogP contribution in [-0.2, 0) is 0 Å². The van der Waals surface area contributed by atoms with Gasteiger partial charge in [-0.1, -0.05) is 6.92 Å². The molecule has 0 spiro atoms. The smallest absolute Gasteiger partial charge is 0.319 e. The second kappa shape index (κ2) is 7.10. The summed E-state index contributed by atoms with van der Waals surface area (Å²) in [6, 6.07) is 10.8. The van der Waals surface area contributed by atoms with Gasteiger partial charge in [0, 0.05) is 24.1 Å². The number of hydrogen-bond donors (Lipinski definition) is 2. The summed E-state index contributed by atoms with van der Waals surface area (Å²) in [5, 5.41) is 18.3. The molecule has 1 aromatic heterocycles. The molecule has 6 nitrogen and oxygen atoms in total. The van der Waals surface area contributed by atoms with Crippen molar-refractivity contribution >= 4 is 11.7 Å². The number of urea groups is 1. The Morgan fingerprint density at radius 1 is 1.43 bits per heavy atom. The topological polar surface area (TPSA) is 82.7 Å². The molecule has 2 N–H and O–H groups in total. The normalized spacial score (nSPS) is 11.4. The van der Waals surface area contributed by atoms with Crippen LogP contribution < -0.4 is 10.6 Å². The van der Waals surface area contributed by atoms with E-state index in [1.165, 1.54) is 0 Å². The van der Waals surface area contributed by atoms with Gasteiger partial charge in [0.25, 0.3) is 0 Å². The van der Waals surface area contributed by atoms with Crippen molar-refractivity contribution in [3.63, 3.8) is 0 Å². The van der Waals surface area contributed by atoms with Crippen molar-refractivity contribution in [3.05, 3.63) is 42.7 Å². The maximum atomic E-state index is 11.8. The van der Waals surface area contributed by atoms with Crippen molar-refractivity contribution in [1.82, 2.24) is 15.1 Å². The van der Waals surface area contributed by atoms with Crippen molar-refractivity contribution in [2.75, 3.05) is 5.32 Å². The van der Waals surface area contributed by atoms with Crippen LogP contribution in [0.1, 0.15) is 19.8 Å². The third-order valence-corrected chi connectivity index (χ3v) is 3.06. The monoisotopic (exact) mass is 283 g/mol. The number of rotatable bonds is 5. The Morgan fingerprint density at radius 3 is 2.76 bits per heavy atom. The van der Waals surface area contributed by atoms with Gasteiger partial charge < -0.3 is 10.6 Å². The highest BCUT2D eigenvalue weighted by molar-refractivity contribution is 5.89. The van der Waals surface area contributed by atoms with Gasteiger partial charge in [0.2, 0.25) is 0 Å². The van der Waals surface area contributed by atoms with Crippen molar-refractivity contribution in [1.29, 1.82) is 5.26 Å². The molecule has 0 aliphatic carbocycles. The molecule has 0 radical (unpaired) electrons. The summed E-state index contributed by atoms with van der Waals surface area (Å²) < 4.78 is 1.74. The molecule has 2 amide bonds. The molecule has 2 rings (SSSR count). The predicted molar refractivity (Wildman–Crippen MR) is 80.0 cm³/mol. The third-order valence-electron chi connectivity index (χ3n) is 3.06. The lowest BCUT2D eigenvalue weighted by atomic mass is 10.2. The average Bonchev–Trinajstić information content (AvgIpc) is 3.01. The number of nitrogens with zero attached hydrogens (tertiary/aromatic N) is 3. The maximum absolute atomic E-state index is 11.8. The molecule has 1 atom stereocenters. The molecule has 1 aromatic carbocycles. The van der Waals surface area contributed by atoms with Gasteiger partial charge in [0.15, 0.2) is 0 Å². The van der Waals surface area contributed by atoms with Crippen LogP contribution in [0.3, 0.4) is 0 Å². The Labute approximate surface area is 123 Å². The van der Waals surface area contributed by atoms with Crippen LogP contribution in [0, 0.1) is 11.3 Å². The van der Waals surface area contributed by atoms with E-state index in [-0.39, 0.29) is 12.1 Å². The quantitative estimate of drug-likeness (QED) is 0.885. The molecule has 6 heteroatoms. The SMILES string of the molecule is CCC(CC#N)NC(=O)Nc1ccc(-n2cccn2)cc1. The molecule has 108 valence electrons. The van der Waals surface area contributed by atoms with E-state index in [0.717, 1.165) is 12.1 Å². The molecule has 0 bridgehead atoms. The van der Waals surface area contributed by atoms with E-state index < -0.39 is 0 Å². The number of hydrogen-bond acceptors (Lipinski definition) is 3. The highest BCUT2D eigenvalue weighted by atomic mass is 16.2. The van der Waals surface area contributed by atoms with Gasteiger partial charge in [-0.3, -0.25) is 0 Å². The number of carbonyl (C=O) groups excluding carboxylic acids is 1. The summed E-state index contributed by atoms with van der Waals surface area (Å²) in [5.41, 5.74) is 1.61. The minimum atomic E-state index is -0.302. The minimum absolute atomic E-state index is 0.127. The van der Waals surface area contributed by atoms with E-state index in [1.54, 1.807) is 10.9 Å². The average molecular weight is 283 g/mol. The lowest BCUT2D eigenvalue weighted by Crippen LogP contribution is -2.37. The van der Waals surface area contributed by atoms with Crippen LogP contribution >= 0.6 is 0 Å². The Hall–Kier alpha value is -2.81. The molecule has 21 heavy (non-hydrogen) atoms. The lowest BCUT2D eigenvalue weighted by molar-refractivity contribution is 0.248. The van der Waals surface area contributed by atoms with Gasteiger partial charge in [-0.05, 0) is 36.8 Å². The molecule has 0 saturated carbocycles. The van der Waals surface area contributed by atoms with E-state index in [0.29, 0.717) is 12.1 Å². The summed E-state index contributed by atoms with van der Waals surface area (Å²) in [4.78, 5) is 11.8. The summed E-state index contributed by atoms with van der Waals surface area (Å²) in [6.45, 7) is 1.93. The number of carbonyl (C=O) groups is 1. The zero-order chi connectivity index (χ0) is 15.1. The Kier molecular flexibility index (Phi) is 4.94. The van der Waals surface area contributed by atoms with Crippen LogP contribution in [-0.4, -0.2) is 21.9 Å². The van der Waals surface area contributed by atoms with Gasteiger partial charge in [-0.25, -0.2) is 9.48 Å².